The lowest BCUT2D eigenvalue weighted by molar-refractivity contribution is -0.121. The van der Waals surface area contributed by atoms with Gasteiger partial charge in [0.05, 0.1) is 12.6 Å². The smallest absolute Gasteiger partial charge is 0.409 e. The van der Waals surface area contributed by atoms with Gasteiger partial charge in [-0.05, 0) is 45.0 Å². The van der Waals surface area contributed by atoms with Crippen LogP contribution in [0, 0.1) is 0 Å². The van der Waals surface area contributed by atoms with Crippen molar-refractivity contribution in [2.75, 3.05) is 38.1 Å². The van der Waals surface area contributed by atoms with Gasteiger partial charge < -0.3 is 15.0 Å². The van der Waals surface area contributed by atoms with Gasteiger partial charge in [0, 0.05) is 37.4 Å². The molecule has 0 aliphatic carbocycles. The molecule has 0 radical (unpaired) electrons. The number of anilines is 1. The molecule has 1 aromatic rings. The van der Waals surface area contributed by atoms with E-state index < -0.39 is 0 Å². The maximum Gasteiger partial charge on any atom is 0.409 e. The number of benzene rings is 1. The van der Waals surface area contributed by atoms with E-state index in [0.29, 0.717) is 44.0 Å². The van der Waals surface area contributed by atoms with E-state index in [1.165, 1.54) is 6.92 Å². The van der Waals surface area contributed by atoms with Crippen LogP contribution in [0.2, 0.25) is 0 Å². The molecule has 0 aromatic heterocycles. The highest BCUT2D eigenvalue weighted by molar-refractivity contribution is 5.97. The topological polar surface area (TPSA) is 79.0 Å². The van der Waals surface area contributed by atoms with Gasteiger partial charge in [0.15, 0.2) is 5.78 Å². The maximum absolute atomic E-state index is 12.4. The van der Waals surface area contributed by atoms with Crippen LogP contribution >= 0.6 is 0 Å². The summed E-state index contributed by atoms with van der Waals surface area (Å²) < 4.78 is 5.00. The van der Waals surface area contributed by atoms with Gasteiger partial charge in [0.25, 0.3) is 0 Å². The fourth-order valence-corrected chi connectivity index (χ4v) is 2.71. The van der Waals surface area contributed by atoms with Gasteiger partial charge >= 0.3 is 6.09 Å². The largest absolute Gasteiger partial charge is 0.450 e. The minimum Gasteiger partial charge on any atom is -0.450 e. The minimum absolute atomic E-state index is 0.00860. The molecule has 136 valence electrons. The molecule has 2 amide bonds. The molecule has 7 heteroatoms. The van der Waals surface area contributed by atoms with E-state index in [1.54, 1.807) is 36.1 Å². The van der Waals surface area contributed by atoms with E-state index >= 15 is 0 Å². The van der Waals surface area contributed by atoms with Gasteiger partial charge in [0.1, 0.15) is 0 Å². The van der Waals surface area contributed by atoms with Crippen LogP contribution in [0.25, 0.3) is 0 Å². The Morgan fingerprint density at radius 3 is 2.24 bits per heavy atom. The molecular weight excluding hydrogens is 322 g/mol. The first-order valence-corrected chi connectivity index (χ1v) is 8.50. The number of ether oxygens (including phenoxy) is 1. The van der Waals surface area contributed by atoms with Crippen molar-refractivity contribution in [3.8, 4) is 0 Å². The number of hydrogen-bond acceptors (Lipinski definition) is 5. The number of nitrogens with one attached hydrogen (secondary N) is 1. The van der Waals surface area contributed by atoms with Crippen molar-refractivity contribution in [1.82, 2.24) is 9.80 Å². The first kappa shape index (κ1) is 18.9. The zero-order valence-corrected chi connectivity index (χ0v) is 14.9. The SMILES string of the molecule is CCOC(=O)N1CCN(C(C)C(=O)Nc2ccc(C(C)=O)cc2)CC1. The van der Waals surface area contributed by atoms with E-state index in [9.17, 15) is 14.4 Å². The van der Waals surface area contributed by atoms with Crippen molar-refractivity contribution in [2.45, 2.75) is 26.8 Å². The molecule has 1 heterocycles. The Kier molecular flexibility index (Phi) is 6.52. The quantitative estimate of drug-likeness (QED) is 0.824. The van der Waals surface area contributed by atoms with E-state index in [4.69, 9.17) is 4.74 Å². The van der Waals surface area contributed by atoms with Gasteiger partial charge in [-0.3, -0.25) is 14.5 Å². The fourth-order valence-electron chi connectivity index (χ4n) is 2.71. The third-order valence-corrected chi connectivity index (χ3v) is 4.33. The Bertz CT molecular complexity index is 622. The normalized spacial score (nSPS) is 16.2. The number of hydrogen-bond donors (Lipinski definition) is 1. The Morgan fingerprint density at radius 1 is 1.12 bits per heavy atom. The van der Waals surface area contributed by atoms with E-state index in [1.807, 2.05) is 11.8 Å². The summed E-state index contributed by atoms with van der Waals surface area (Å²) in [4.78, 5) is 39.1. The molecule has 1 atom stereocenters. The van der Waals surface area contributed by atoms with Gasteiger partial charge in [-0.2, -0.15) is 0 Å². The average Bonchev–Trinajstić information content (AvgIpc) is 2.61. The molecule has 1 aliphatic rings. The van der Waals surface area contributed by atoms with Crippen LogP contribution in [0.4, 0.5) is 10.5 Å². The van der Waals surface area contributed by atoms with Crippen molar-refractivity contribution >= 4 is 23.5 Å². The summed E-state index contributed by atoms with van der Waals surface area (Å²) in [5, 5.41) is 2.86. The van der Waals surface area contributed by atoms with Gasteiger partial charge in [-0.1, -0.05) is 0 Å². The number of Topliss-reactive ketones (excluding diaryl/α,β-unsaturated/α-hetero) is 1. The Balaban J connectivity index is 1.86. The molecule has 7 nitrogen and oxygen atoms in total. The van der Waals surface area contributed by atoms with Crippen LogP contribution < -0.4 is 5.32 Å². The predicted molar refractivity (Wildman–Crippen MR) is 94.7 cm³/mol. The van der Waals surface area contributed by atoms with E-state index in [-0.39, 0.29) is 23.8 Å². The van der Waals surface area contributed by atoms with Crippen LogP contribution in [0.5, 0.6) is 0 Å². The summed E-state index contributed by atoms with van der Waals surface area (Å²) >= 11 is 0. The average molecular weight is 347 g/mol. The van der Waals surface area contributed by atoms with Crippen LogP contribution in [0.15, 0.2) is 24.3 Å². The van der Waals surface area contributed by atoms with E-state index in [2.05, 4.69) is 5.32 Å². The number of piperazine rings is 1. The highest BCUT2D eigenvalue weighted by atomic mass is 16.6. The second kappa shape index (κ2) is 8.62. The van der Waals surface area contributed by atoms with Gasteiger partial charge in [-0.25, -0.2) is 4.79 Å². The molecule has 25 heavy (non-hydrogen) atoms. The Hall–Kier alpha value is -2.41. The Morgan fingerprint density at radius 2 is 1.72 bits per heavy atom. The lowest BCUT2D eigenvalue weighted by Crippen LogP contribution is -2.54. The molecule has 1 aromatic carbocycles. The van der Waals surface area contributed by atoms with Crippen molar-refractivity contribution in [2.24, 2.45) is 0 Å². The van der Waals surface area contributed by atoms with Crippen molar-refractivity contribution in [3.63, 3.8) is 0 Å². The Labute approximate surface area is 147 Å². The standard InChI is InChI=1S/C18H25N3O4/c1-4-25-18(24)21-11-9-20(10-12-21)13(2)17(23)19-16-7-5-15(6-8-16)14(3)22/h5-8,13H,4,9-12H2,1-3H3,(H,19,23). The van der Waals surface area contributed by atoms with Crippen molar-refractivity contribution in [3.05, 3.63) is 29.8 Å². The van der Waals surface area contributed by atoms with Crippen LogP contribution in [0.1, 0.15) is 31.1 Å². The maximum atomic E-state index is 12.4. The highest BCUT2D eigenvalue weighted by Crippen LogP contribution is 2.13. The first-order valence-electron chi connectivity index (χ1n) is 8.50. The third kappa shape index (κ3) is 5.03. The number of carbonyl (C=O) groups is 3. The molecule has 1 N–H and O–H groups in total. The zero-order chi connectivity index (χ0) is 18.4. The predicted octanol–water partition coefficient (Wildman–Crippen LogP) is 1.99. The molecule has 0 spiro atoms. The number of nitrogens with zero attached hydrogens (tertiary/aromatic N) is 2. The molecule has 1 unspecified atom stereocenters. The molecule has 1 saturated heterocycles. The summed E-state index contributed by atoms with van der Waals surface area (Å²) in [5.74, 6) is -0.120. The summed E-state index contributed by atoms with van der Waals surface area (Å²) in [7, 11) is 0. The summed E-state index contributed by atoms with van der Waals surface area (Å²) in [6, 6.07) is 6.53. The molecule has 0 bridgehead atoms. The zero-order valence-electron chi connectivity index (χ0n) is 14.9. The first-order chi connectivity index (χ1) is 11.9. The van der Waals surface area contributed by atoms with Crippen LogP contribution in [0.3, 0.4) is 0 Å². The molecule has 1 aliphatic heterocycles. The monoisotopic (exact) mass is 347 g/mol. The summed E-state index contributed by atoms with van der Waals surface area (Å²) in [5.41, 5.74) is 1.27. The highest BCUT2D eigenvalue weighted by Gasteiger charge is 2.28. The van der Waals surface area contributed by atoms with Crippen LogP contribution in [-0.4, -0.2) is 66.4 Å². The van der Waals surface area contributed by atoms with Gasteiger partial charge in [-0.15, -0.1) is 0 Å². The second-order valence-electron chi connectivity index (χ2n) is 6.02. The number of carbonyl (C=O) groups excluding carboxylic acids is 3. The minimum atomic E-state index is -0.308. The lowest BCUT2D eigenvalue weighted by atomic mass is 10.1. The van der Waals surface area contributed by atoms with Gasteiger partial charge in [0.2, 0.25) is 5.91 Å². The fraction of sp³-hybridized carbons (Fsp3) is 0.500. The second-order valence-corrected chi connectivity index (χ2v) is 6.02. The molecule has 0 saturated carbocycles. The number of amides is 2. The number of rotatable bonds is 5. The molecule has 2 rings (SSSR count). The third-order valence-electron chi connectivity index (χ3n) is 4.33. The molecular formula is C18H25N3O4. The summed E-state index contributed by atoms with van der Waals surface area (Å²) in [6.07, 6.45) is -0.301. The van der Waals surface area contributed by atoms with Crippen molar-refractivity contribution in [1.29, 1.82) is 0 Å². The van der Waals surface area contributed by atoms with Crippen LogP contribution in [-0.2, 0) is 9.53 Å². The lowest BCUT2D eigenvalue weighted by Gasteiger charge is -2.36. The number of ketones is 1. The summed E-state index contributed by atoms with van der Waals surface area (Å²) in [6.45, 7) is 7.83. The van der Waals surface area contributed by atoms with E-state index in [0.717, 1.165) is 0 Å². The van der Waals surface area contributed by atoms with Crippen molar-refractivity contribution < 1.29 is 19.1 Å². The molecule has 1 fully saturated rings.